The van der Waals surface area contributed by atoms with Crippen LogP contribution in [0.1, 0.15) is 40.0 Å². The second kappa shape index (κ2) is 8.42. The summed E-state index contributed by atoms with van der Waals surface area (Å²) in [6, 6.07) is 3.02. The Balaban J connectivity index is 1.75. The highest BCUT2D eigenvalue weighted by molar-refractivity contribution is 5.93. The maximum Gasteiger partial charge on any atom is 0.276 e. The summed E-state index contributed by atoms with van der Waals surface area (Å²) >= 11 is 0. The van der Waals surface area contributed by atoms with E-state index in [1.54, 1.807) is 20.2 Å². The molecule has 0 atom stereocenters. The van der Waals surface area contributed by atoms with Crippen molar-refractivity contribution in [3.8, 4) is 5.75 Å². The molecule has 1 amide bonds. The monoisotopic (exact) mass is 404 g/mol. The fraction of sp³-hybridized carbons (Fsp3) is 0.350. The molecule has 0 aliphatic rings. The van der Waals surface area contributed by atoms with Gasteiger partial charge in [-0.25, -0.2) is 8.78 Å². The highest BCUT2D eigenvalue weighted by atomic mass is 19.1. The van der Waals surface area contributed by atoms with Crippen LogP contribution in [-0.2, 0) is 19.7 Å². The first-order chi connectivity index (χ1) is 13.8. The van der Waals surface area contributed by atoms with E-state index < -0.39 is 11.6 Å². The normalized spacial score (nSPS) is 11.0. The number of amides is 1. The van der Waals surface area contributed by atoms with E-state index in [9.17, 15) is 13.6 Å². The first kappa shape index (κ1) is 20.5. The van der Waals surface area contributed by atoms with E-state index in [1.165, 1.54) is 11.0 Å². The van der Waals surface area contributed by atoms with E-state index >= 15 is 0 Å². The minimum Gasteiger partial charge on any atom is -0.486 e. The lowest BCUT2D eigenvalue weighted by Crippen LogP contribution is -2.28. The molecule has 1 aromatic carbocycles. The Hall–Kier alpha value is -3.23. The summed E-state index contributed by atoms with van der Waals surface area (Å²) in [5, 5.41) is 8.13. The number of carbonyl (C=O) groups excluding carboxylic acids is 1. The number of halogens is 2. The molecule has 0 fully saturated rings. The average Bonchev–Trinajstić information content (AvgIpc) is 3.23. The molecule has 0 saturated carbocycles. The van der Waals surface area contributed by atoms with Crippen LogP contribution < -0.4 is 4.74 Å². The summed E-state index contributed by atoms with van der Waals surface area (Å²) < 4.78 is 39.3. The molecule has 0 spiro atoms. The van der Waals surface area contributed by atoms with Crippen molar-refractivity contribution in [3.63, 3.8) is 0 Å². The van der Waals surface area contributed by atoms with Gasteiger partial charge in [0.2, 0.25) is 0 Å². The second-order valence-corrected chi connectivity index (χ2v) is 6.66. The quantitative estimate of drug-likeness (QED) is 0.601. The van der Waals surface area contributed by atoms with Gasteiger partial charge in [0.25, 0.3) is 5.91 Å². The van der Waals surface area contributed by atoms with Crippen molar-refractivity contribution < 1.29 is 22.8 Å². The van der Waals surface area contributed by atoms with Crippen molar-refractivity contribution in [1.29, 1.82) is 0 Å². The second-order valence-electron chi connectivity index (χ2n) is 6.66. The van der Waals surface area contributed by atoms with Gasteiger partial charge in [-0.2, -0.15) is 5.10 Å². The van der Waals surface area contributed by atoms with E-state index in [2.05, 4.69) is 10.3 Å². The molecule has 2 aromatic heterocycles. The van der Waals surface area contributed by atoms with Gasteiger partial charge < -0.3 is 14.2 Å². The van der Waals surface area contributed by atoms with E-state index in [0.717, 1.165) is 29.9 Å². The average molecular weight is 404 g/mol. The number of rotatable bonds is 7. The third-order valence-corrected chi connectivity index (χ3v) is 4.71. The van der Waals surface area contributed by atoms with Crippen molar-refractivity contribution in [2.24, 2.45) is 0 Å². The Labute approximate surface area is 166 Å². The van der Waals surface area contributed by atoms with Crippen LogP contribution in [0.2, 0.25) is 0 Å². The van der Waals surface area contributed by atoms with Crippen LogP contribution in [0.3, 0.4) is 0 Å². The van der Waals surface area contributed by atoms with Gasteiger partial charge in [0.15, 0.2) is 17.3 Å². The smallest absolute Gasteiger partial charge is 0.276 e. The highest BCUT2D eigenvalue weighted by Gasteiger charge is 2.24. The van der Waals surface area contributed by atoms with Gasteiger partial charge >= 0.3 is 0 Å². The number of nitrogens with zero attached hydrogens (tertiary/aromatic N) is 4. The maximum atomic E-state index is 13.8. The number of hydrogen-bond donors (Lipinski definition) is 0. The zero-order valence-corrected chi connectivity index (χ0v) is 16.7. The number of carbonyl (C=O) groups is 1. The van der Waals surface area contributed by atoms with Crippen molar-refractivity contribution in [2.75, 3.05) is 7.05 Å². The summed E-state index contributed by atoms with van der Waals surface area (Å²) in [6.45, 7) is 6.53. The van der Waals surface area contributed by atoms with E-state index in [1.807, 2.05) is 18.5 Å². The third-order valence-electron chi connectivity index (χ3n) is 4.71. The van der Waals surface area contributed by atoms with Crippen molar-refractivity contribution in [2.45, 2.75) is 40.5 Å². The van der Waals surface area contributed by atoms with Gasteiger partial charge in [-0.3, -0.25) is 9.48 Å². The molecular formula is C20H22F2N4O3. The Morgan fingerprint density at radius 1 is 1.31 bits per heavy atom. The zero-order valence-electron chi connectivity index (χ0n) is 16.7. The highest BCUT2D eigenvalue weighted by Crippen LogP contribution is 2.22. The van der Waals surface area contributed by atoms with Gasteiger partial charge in [0.1, 0.15) is 18.2 Å². The molecule has 154 valence electrons. The standard InChI is InChI=1S/C20H22F2N4O3/c1-5-26-12(2)14(9-23-26)10-25(4)20(27)19-16(13(3)29-24-19)11-28-18-7-6-15(21)8-17(18)22/h6-9H,5,10-11H2,1-4H3. The molecule has 0 aliphatic heterocycles. The molecule has 9 heteroatoms. The summed E-state index contributed by atoms with van der Waals surface area (Å²) in [7, 11) is 1.65. The fourth-order valence-electron chi connectivity index (χ4n) is 2.94. The lowest BCUT2D eigenvalue weighted by atomic mass is 10.1. The van der Waals surface area contributed by atoms with Gasteiger partial charge in [-0.05, 0) is 32.9 Å². The Bertz CT molecular complexity index is 1030. The van der Waals surface area contributed by atoms with Crippen LogP contribution >= 0.6 is 0 Å². The molecule has 0 aliphatic carbocycles. The number of ether oxygens (including phenoxy) is 1. The van der Waals surface area contributed by atoms with E-state index in [0.29, 0.717) is 17.9 Å². The Kier molecular flexibility index (Phi) is 5.95. The number of aryl methyl sites for hydroxylation is 2. The van der Waals surface area contributed by atoms with Crippen LogP contribution in [0.4, 0.5) is 8.78 Å². The molecule has 7 nitrogen and oxygen atoms in total. The summed E-state index contributed by atoms with van der Waals surface area (Å²) in [5.74, 6) is -1.62. The Morgan fingerprint density at radius 2 is 2.07 bits per heavy atom. The predicted molar refractivity (Wildman–Crippen MR) is 100 cm³/mol. The lowest BCUT2D eigenvalue weighted by Gasteiger charge is -2.16. The first-order valence-electron chi connectivity index (χ1n) is 9.11. The molecule has 3 rings (SSSR count). The molecular weight excluding hydrogens is 382 g/mol. The molecule has 2 heterocycles. The molecule has 0 saturated heterocycles. The molecule has 0 unspecified atom stereocenters. The van der Waals surface area contributed by atoms with Gasteiger partial charge in [-0.15, -0.1) is 0 Å². The maximum absolute atomic E-state index is 13.8. The topological polar surface area (TPSA) is 73.4 Å². The molecule has 0 radical (unpaired) electrons. The molecule has 29 heavy (non-hydrogen) atoms. The van der Waals surface area contributed by atoms with Gasteiger partial charge in [-0.1, -0.05) is 5.16 Å². The van der Waals surface area contributed by atoms with Crippen LogP contribution in [0, 0.1) is 25.5 Å². The molecule has 0 N–H and O–H groups in total. The number of hydrogen-bond acceptors (Lipinski definition) is 5. The van der Waals surface area contributed by atoms with Crippen LogP contribution in [0.5, 0.6) is 5.75 Å². The van der Waals surface area contributed by atoms with Crippen LogP contribution in [-0.4, -0.2) is 32.8 Å². The van der Waals surface area contributed by atoms with E-state index in [4.69, 9.17) is 9.26 Å². The minimum absolute atomic E-state index is 0.0908. The molecule has 0 bridgehead atoms. The third kappa shape index (κ3) is 4.28. The van der Waals surface area contributed by atoms with Crippen molar-refractivity contribution >= 4 is 5.91 Å². The van der Waals surface area contributed by atoms with Gasteiger partial charge in [0, 0.05) is 37.5 Å². The fourth-order valence-corrected chi connectivity index (χ4v) is 2.94. The summed E-state index contributed by atoms with van der Waals surface area (Å²) in [5.41, 5.74) is 2.41. The predicted octanol–water partition coefficient (Wildman–Crippen LogP) is 3.64. The first-order valence-corrected chi connectivity index (χ1v) is 9.11. The number of benzene rings is 1. The molecule has 3 aromatic rings. The number of aromatic nitrogens is 3. The zero-order chi connectivity index (χ0) is 21.1. The van der Waals surface area contributed by atoms with Crippen LogP contribution in [0.15, 0.2) is 28.9 Å². The van der Waals surface area contributed by atoms with Crippen molar-refractivity contribution in [1.82, 2.24) is 19.8 Å². The summed E-state index contributed by atoms with van der Waals surface area (Å²) in [6.07, 6.45) is 1.73. The van der Waals surface area contributed by atoms with Crippen LogP contribution in [0.25, 0.3) is 0 Å². The summed E-state index contributed by atoms with van der Waals surface area (Å²) in [4.78, 5) is 14.4. The van der Waals surface area contributed by atoms with E-state index in [-0.39, 0.29) is 24.0 Å². The minimum atomic E-state index is -0.826. The lowest BCUT2D eigenvalue weighted by molar-refractivity contribution is 0.0772. The van der Waals surface area contributed by atoms with Gasteiger partial charge in [0.05, 0.1) is 11.8 Å². The largest absolute Gasteiger partial charge is 0.486 e. The van der Waals surface area contributed by atoms with Crippen molar-refractivity contribution in [3.05, 3.63) is 64.3 Å². The Morgan fingerprint density at radius 3 is 2.72 bits per heavy atom. The SMILES string of the molecule is CCn1ncc(CN(C)C(=O)c2noc(C)c2COc2ccc(F)cc2F)c1C.